The largest absolute Gasteiger partial charge is 0.475 e. The molecule has 0 aliphatic heterocycles. The molecule has 1 aromatic heterocycles. The molecule has 0 fully saturated rings. The summed E-state index contributed by atoms with van der Waals surface area (Å²) in [6, 6.07) is 11.2. The van der Waals surface area contributed by atoms with Crippen LogP contribution in [0.1, 0.15) is 25.0 Å². The van der Waals surface area contributed by atoms with E-state index in [0.717, 1.165) is 11.3 Å². The Morgan fingerprint density at radius 2 is 2.19 bits per heavy atom. The fraction of sp³-hybridized carbons (Fsp3) is 0.250. The van der Waals surface area contributed by atoms with Crippen molar-refractivity contribution in [3.63, 3.8) is 0 Å². The third kappa shape index (κ3) is 3.86. The third-order valence-corrected chi connectivity index (χ3v) is 2.85. The number of nitrogens with one attached hydrogen (secondary N) is 1. The van der Waals surface area contributed by atoms with Crippen LogP contribution in [0.15, 0.2) is 36.5 Å². The summed E-state index contributed by atoms with van der Waals surface area (Å²) >= 11 is 0. The van der Waals surface area contributed by atoms with Gasteiger partial charge in [-0.05, 0) is 38.1 Å². The second-order valence-electron chi connectivity index (χ2n) is 4.90. The number of nitrogens with two attached hydrogens (primary N) is 1. The first-order chi connectivity index (χ1) is 10.1. The normalized spacial score (nSPS) is 10.2. The Morgan fingerprint density at radius 1 is 1.38 bits per heavy atom. The van der Waals surface area contributed by atoms with Crippen molar-refractivity contribution in [1.29, 1.82) is 5.26 Å². The van der Waals surface area contributed by atoms with E-state index in [2.05, 4.69) is 16.4 Å². The summed E-state index contributed by atoms with van der Waals surface area (Å²) in [5, 5.41) is 12.2. The lowest BCUT2D eigenvalue weighted by Gasteiger charge is -2.14. The summed E-state index contributed by atoms with van der Waals surface area (Å²) < 4.78 is 5.67. The highest BCUT2D eigenvalue weighted by Crippen LogP contribution is 2.20. The Labute approximate surface area is 124 Å². The molecule has 0 spiro atoms. The van der Waals surface area contributed by atoms with E-state index in [4.69, 9.17) is 15.7 Å². The number of nitrogens with zero attached hydrogens (tertiary/aromatic N) is 2. The zero-order chi connectivity index (χ0) is 15.2. The number of benzene rings is 1. The highest BCUT2D eigenvalue weighted by Gasteiger charge is 2.07. The molecule has 1 aromatic carbocycles. The van der Waals surface area contributed by atoms with E-state index in [1.165, 1.54) is 0 Å². The van der Waals surface area contributed by atoms with Crippen LogP contribution in [0.2, 0.25) is 0 Å². The van der Waals surface area contributed by atoms with Crippen molar-refractivity contribution in [2.45, 2.75) is 26.5 Å². The van der Waals surface area contributed by atoms with Gasteiger partial charge in [-0.15, -0.1) is 0 Å². The Kier molecular flexibility index (Phi) is 4.62. The van der Waals surface area contributed by atoms with Gasteiger partial charge in [-0.3, -0.25) is 0 Å². The molecule has 5 nitrogen and oxygen atoms in total. The van der Waals surface area contributed by atoms with Gasteiger partial charge in [0, 0.05) is 29.7 Å². The van der Waals surface area contributed by atoms with Crippen LogP contribution >= 0.6 is 0 Å². The predicted molar refractivity (Wildman–Crippen MR) is 82.9 cm³/mol. The molecule has 2 aromatic rings. The fourth-order valence-electron chi connectivity index (χ4n) is 1.85. The zero-order valence-corrected chi connectivity index (χ0v) is 12.1. The second-order valence-corrected chi connectivity index (χ2v) is 4.90. The number of anilines is 2. The summed E-state index contributed by atoms with van der Waals surface area (Å²) in [6.07, 6.45) is 1.78. The van der Waals surface area contributed by atoms with Crippen LogP contribution in [0, 0.1) is 11.3 Å². The lowest BCUT2D eigenvalue weighted by molar-refractivity contribution is 0.230. The van der Waals surface area contributed by atoms with E-state index in [0.29, 0.717) is 23.7 Å². The Hall–Kier alpha value is -2.74. The van der Waals surface area contributed by atoms with Gasteiger partial charge in [-0.25, -0.2) is 4.98 Å². The fourth-order valence-corrected chi connectivity index (χ4v) is 1.85. The van der Waals surface area contributed by atoms with Crippen molar-refractivity contribution in [1.82, 2.24) is 4.98 Å². The van der Waals surface area contributed by atoms with Crippen LogP contribution in [0.25, 0.3) is 0 Å². The number of nitrogen functional groups attached to an aromatic ring is 1. The van der Waals surface area contributed by atoms with Crippen LogP contribution < -0.4 is 15.8 Å². The first-order valence-electron chi connectivity index (χ1n) is 6.74. The molecule has 0 saturated heterocycles. The molecule has 21 heavy (non-hydrogen) atoms. The summed E-state index contributed by atoms with van der Waals surface area (Å²) in [4.78, 5) is 4.24. The van der Waals surface area contributed by atoms with Gasteiger partial charge in [0.25, 0.3) is 0 Å². The Balaban J connectivity index is 2.12. The van der Waals surface area contributed by atoms with E-state index >= 15 is 0 Å². The van der Waals surface area contributed by atoms with E-state index < -0.39 is 0 Å². The Bertz CT molecular complexity index is 662. The van der Waals surface area contributed by atoms with Crippen LogP contribution in [0.3, 0.4) is 0 Å². The number of hydrogen-bond donors (Lipinski definition) is 2. The van der Waals surface area contributed by atoms with E-state index in [-0.39, 0.29) is 6.10 Å². The van der Waals surface area contributed by atoms with Crippen molar-refractivity contribution >= 4 is 11.4 Å². The van der Waals surface area contributed by atoms with Crippen LogP contribution in [-0.4, -0.2) is 11.1 Å². The lowest BCUT2D eigenvalue weighted by Crippen LogP contribution is -2.10. The van der Waals surface area contributed by atoms with Crippen LogP contribution in [-0.2, 0) is 6.54 Å². The smallest absolute Gasteiger partial charge is 0.218 e. The molecule has 0 unspecified atom stereocenters. The highest BCUT2D eigenvalue weighted by atomic mass is 16.5. The average molecular weight is 282 g/mol. The molecule has 0 aliphatic carbocycles. The maximum atomic E-state index is 8.98. The van der Waals surface area contributed by atoms with Gasteiger partial charge in [0.05, 0.1) is 11.7 Å². The van der Waals surface area contributed by atoms with Gasteiger partial charge in [0.15, 0.2) is 0 Å². The summed E-state index contributed by atoms with van der Waals surface area (Å²) in [5.41, 5.74) is 8.44. The first-order valence-corrected chi connectivity index (χ1v) is 6.74. The van der Waals surface area contributed by atoms with E-state index in [9.17, 15) is 0 Å². The van der Waals surface area contributed by atoms with E-state index in [1.54, 1.807) is 18.3 Å². The van der Waals surface area contributed by atoms with Crippen molar-refractivity contribution in [3.05, 3.63) is 47.7 Å². The number of nitriles is 1. The number of rotatable bonds is 5. The van der Waals surface area contributed by atoms with Crippen molar-refractivity contribution in [2.24, 2.45) is 0 Å². The SMILES string of the molecule is CC(C)Oc1ncccc1CNc1ccc(N)c(C#N)c1. The van der Waals surface area contributed by atoms with E-state index in [1.807, 2.05) is 32.0 Å². The maximum absolute atomic E-state index is 8.98. The standard InChI is InChI=1S/C16H18N4O/c1-11(2)21-16-12(4-3-7-19-16)10-20-14-5-6-15(18)13(8-14)9-17/h3-8,11,20H,10,18H2,1-2H3. The van der Waals surface area contributed by atoms with Crippen molar-refractivity contribution < 1.29 is 4.74 Å². The first kappa shape index (κ1) is 14.7. The zero-order valence-electron chi connectivity index (χ0n) is 12.1. The van der Waals surface area contributed by atoms with Gasteiger partial charge < -0.3 is 15.8 Å². The minimum atomic E-state index is 0.0698. The molecule has 0 bridgehead atoms. The van der Waals surface area contributed by atoms with Gasteiger partial charge in [0.1, 0.15) is 6.07 Å². The van der Waals surface area contributed by atoms with Gasteiger partial charge in [0.2, 0.25) is 5.88 Å². The molecule has 108 valence electrons. The monoisotopic (exact) mass is 282 g/mol. The predicted octanol–water partition coefficient (Wildman–Crippen LogP) is 2.93. The van der Waals surface area contributed by atoms with Crippen LogP contribution in [0.5, 0.6) is 5.88 Å². The summed E-state index contributed by atoms with van der Waals surface area (Å²) in [7, 11) is 0. The third-order valence-electron chi connectivity index (χ3n) is 2.85. The molecule has 0 atom stereocenters. The van der Waals surface area contributed by atoms with Gasteiger partial charge in [-0.1, -0.05) is 6.07 Å². The summed E-state index contributed by atoms with van der Waals surface area (Å²) in [5.74, 6) is 0.621. The maximum Gasteiger partial charge on any atom is 0.218 e. The molecule has 0 aliphatic rings. The molecule has 3 N–H and O–H groups in total. The average Bonchev–Trinajstić information content (AvgIpc) is 2.47. The minimum absolute atomic E-state index is 0.0698. The summed E-state index contributed by atoms with van der Waals surface area (Å²) in [6.45, 7) is 4.49. The molecular weight excluding hydrogens is 264 g/mol. The topological polar surface area (TPSA) is 84.0 Å². The number of hydrogen-bond acceptors (Lipinski definition) is 5. The molecule has 5 heteroatoms. The lowest BCUT2D eigenvalue weighted by atomic mass is 10.1. The quantitative estimate of drug-likeness (QED) is 0.824. The minimum Gasteiger partial charge on any atom is -0.475 e. The van der Waals surface area contributed by atoms with Crippen LogP contribution in [0.4, 0.5) is 11.4 Å². The molecule has 0 amide bonds. The number of ether oxygens (including phenoxy) is 1. The van der Waals surface area contributed by atoms with Crippen molar-refractivity contribution in [2.75, 3.05) is 11.1 Å². The van der Waals surface area contributed by atoms with Gasteiger partial charge in [-0.2, -0.15) is 5.26 Å². The highest BCUT2D eigenvalue weighted by molar-refractivity contribution is 5.62. The number of pyridine rings is 1. The molecule has 1 heterocycles. The second kappa shape index (κ2) is 6.62. The van der Waals surface area contributed by atoms with Gasteiger partial charge >= 0.3 is 0 Å². The molecule has 0 saturated carbocycles. The number of aromatic nitrogens is 1. The molecule has 2 rings (SSSR count). The van der Waals surface area contributed by atoms with Crippen molar-refractivity contribution in [3.8, 4) is 11.9 Å². The molecule has 0 radical (unpaired) electrons. The Morgan fingerprint density at radius 3 is 2.90 bits per heavy atom. The molecular formula is C16H18N4O.